The molecule has 0 aromatic carbocycles. The van der Waals surface area contributed by atoms with Gasteiger partial charge in [-0.05, 0) is 99.7 Å². The van der Waals surface area contributed by atoms with Crippen molar-refractivity contribution in [3.05, 3.63) is 41.1 Å². The molecule has 0 bridgehead atoms. The predicted octanol–water partition coefficient (Wildman–Crippen LogP) is 4.16. The molecule has 2 aromatic heterocycles. The number of aliphatic hydroxyl groups is 1. The second kappa shape index (κ2) is 8.61. The Balaban J connectivity index is 1.17. The van der Waals surface area contributed by atoms with E-state index in [1.54, 1.807) is 0 Å². The van der Waals surface area contributed by atoms with Crippen LogP contribution in [0.1, 0.15) is 71.6 Å². The van der Waals surface area contributed by atoms with E-state index in [0.717, 1.165) is 61.2 Å². The average molecular weight is 497 g/mol. The fraction of sp³-hybridized carbons (Fsp3) is 0.714. The molecule has 8 heteroatoms. The molecule has 0 aliphatic heterocycles. The number of halogens is 1. The number of ketones is 1. The lowest BCUT2D eigenvalue weighted by atomic mass is 9.49. The summed E-state index contributed by atoms with van der Waals surface area (Å²) in [6.45, 7) is 4.33. The summed E-state index contributed by atoms with van der Waals surface area (Å²) in [5.41, 5.74) is -0.723. The lowest BCUT2D eigenvalue weighted by Gasteiger charge is -2.56. The Hall–Kier alpha value is -2.35. The van der Waals surface area contributed by atoms with Crippen LogP contribution in [0.15, 0.2) is 29.6 Å². The van der Waals surface area contributed by atoms with E-state index in [-0.39, 0.29) is 29.3 Å². The van der Waals surface area contributed by atoms with E-state index in [4.69, 9.17) is 0 Å². The summed E-state index contributed by atoms with van der Waals surface area (Å²) < 4.78 is 16.0. The van der Waals surface area contributed by atoms with Gasteiger partial charge < -0.3 is 5.11 Å². The van der Waals surface area contributed by atoms with Crippen LogP contribution in [-0.4, -0.2) is 35.8 Å². The highest BCUT2D eigenvalue weighted by molar-refractivity contribution is 5.82. The Kier molecular flexibility index (Phi) is 5.74. The number of nitrogens with zero attached hydrogens (tertiary/aromatic N) is 4. The number of hydrogen-bond acceptors (Lipinski definition) is 5. The first-order valence-corrected chi connectivity index (χ1v) is 13.7. The van der Waals surface area contributed by atoms with Crippen LogP contribution >= 0.6 is 0 Å². The Bertz CT molecular complexity index is 1220. The summed E-state index contributed by atoms with van der Waals surface area (Å²) in [6, 6.07) is 1.21. The minimum Gasteiger partial charge on any atom is -0.390 e. The lowest BCUT2D eigenvalue weighted by Crippen LogP contribution is -2.51. The van der Waals surface area contributed by atoms with Gasteiger partial charge >= 0.3 is 5.69 Å². The third kappa shape index (κ3) is 3.87. The summed E-state index contributed by atoms with van der Waals surface area (Å²) >= 11 is 0. The van der Waals surface area contributed by atoms with Crippen LogP contribution in [0.3, 0.4) is 0 Å². The third-order valence-corrected chi connectivity index (χ3v) is 10.6. The molecule has 0 saturated heterocycles. The first-order chi connectivity index (χ1) is 17.2. The van der Waals surface area contributed by atoms with Gasteiger partial charge in [0, 0.05) is 12.0 Å². The van der Waals surface area contributed by atoms with Crippen LogP contribution in [0.5, 0.6) is 0 Å². The second-order valence-electron chi connectivity index (χ2n) is 12.6. The zero-order valence-corrected chi connectivity index (χ0v) is 21.3. The topological polar surface area (TPSA) is 90.0 Å². The molecule has 6 rings (SSSR count). The normalized spacial score (nSPS) is 39.8. The largest absolute Gasteiger partial charge is 0.390 e. The lowest BCUT2D eigenvalue weighted by molar-refractivity contribution is -0.133. The van der Waals surface area contributed by atoms with Gasteiger partial charge in [0.1, 0.15) is 12.1 Å². The summed E-state index contributed by atoms with van der Waals surface area (Å²) in [4.78, 5) is 30.3. The van der Waals surface area contributed by atoms with Crippen LogP contribution in [0, 0.1) is 46.7 Å². The maximum absolute atomic E-state index is 13.6. The molecule has 4 aliphatic rings. The number of aromatic nitrogens is 4. The minimum atomic E-state index is -0.543. The molecule has 4 saturated carbocycles. The summed E-state index contributed by atoms with van der Waals surface area (Å²) in [5, 5.41) is 14.7. The van der Waals surface area contributed by atoms with E-state index in [1.807, 2.05) is 6.92 Å². The van der Waals surface area contributed by atoms with Crippen molar-refractivity contribution >= 4 is 5.78 Å². The number of carbonyl (C=O) groups is 1. The SMILES string of the molecule is C[C@@]1(O)CC[C@H]2[C@H](CC[C@@H]3[C@@H]2CC[C@]2(C)[C@@H](C(=O)Cn4cnn(-c5cncc(F)c5)c4=O)CC[C@@H]32)C1. The molecule has 7 nitrogen and oxygen atoms in total. The predicted molar refractivity (Wildman–Crippen MR) is 132 cm³/mol. The van der Waals surface area contributed by atoms with Crippen molar-refractivity contribution in [2.75, 3.05) is 0 Å². The van der Waals surface area contributed by atoms with Gasteiger partial charge in [-0.3, -0.25) is 14.3 Å². The summed E-state index contributed by atoms with van der Waals surface area (Å²) in [5.74, 6) is 2.87. The van der Waals surface area contributed by atoms with Crippen LogP contribution in [-0.2, 0) is 11.3 Å². The van der Waals surface area contributed by atoms with E-state index in [1.165, 1.54) is 42.4 Å². The average Bonchev–Trinajstić information content (AvgIpc) is 3.37. The van der Waals surface area contributed by atoms with Crippen molar-refractivity contribution in [1.29, 1.82) is 0 Å². The molecule has 1 N–H and O–H groups in total. The first-order valence-electron chi connectivity index (χ1n) is 13.7. The van der Waals surface area contributed by atoms with Gasteiger partial charge in [0.05, 0.1) is 30.2 Å². The van der Waals surface area contributed by atoms with Gasteiger partial charge in [0.15, 0.2) is 5.78 Å². The van der Waals surface area contributed by atoms with Crippen LogP contribution in [0.2, 0.25) is 0 Å². The van der Waals surface area contributed by atoms with E-state index >= 15 is 0 Å². The summed E-state index contributed by atoms with van der Waals surface area (Å²) in [7, 11) is 0. The highest BCUT2D eigenvalue weighted by atomic mass is 19.1. The van der Waals surface area contributed by atoms with Crippen LogP contribution in [0.4, 0.5) is 4.39 Å². The van der Waals surface area contributed by atoms with E-state index in [0.29, 0.717) is 17.8 Å². The quantitative estimate of drug-likeness (QED) is 0.687. The molecule has 4 aliphatic carbocycles. The molecule has 194 valence electrons. The Labute approximate surface area is 211 Å². The number of hydrogen-bond donors (Lipinski definition) is 1. The number of fused-ring (bicyclic) bond motifs is 5. The van der Waals surface area contributed by atoms with Crippen molar-refractivity contribution in [1.82, 2.24) is 19.3 Å². The fourth-order valence-electron chi connectivity index (χ4n) is 9.03. The van der Waals surface area contributed by atoms with E-state index in [2.05, 4.69) is 17.0 Å². The van der Waals surface area contributed by atoms with Gasteiger partial charge in [-0.2, -0.15) is 9.78 Å². The number of pyridine rings is 1. The molecule has 0 spiro atoms. The van der Waals surface area contributed by atoms with Crippen molar-refractivity contribution < 1.29 is 14.3 Å². The second-order valence-corrected chi connectivity index (χ2v) is 12.6. The maximum atomic E-state index is 13.6. The zero-order valence-electron chi connectivity index (χ0n) is 21.3. The molecule has 4 fully saturated rings. The molecule has 2 aromatic rings. The first kappa shape index (κ1) is 24.0. The molecule has 0 unspecified atom stereocenters. The number of Topliss-reactive ketones (excluding diaryl/α,β-unsaturated/α-hetero) is 1. The fourth-order valence-corrected chi connectivity index (χ4v) is 9.03. The Morgan fingerprint density at radius 2 is 1.89 bits per heavy atom. The van der Waals surface area contributed by atoms with Gasteiger partial charge in [0.2, 0.25) is 0 Å². The zero-order chi connectivity index (χ0) is 25.2. The number of carbonyl (C=O) groups excluding carboxylic acids is 1. The molecular formula is C28H37FN4O3. The van der Waals surface area contributed by atoms with E-state index in [9.17, 15) is 19.1 Å². The van der Waals surface area contributed by atoms with Crippen LogP contribution in [0.25, 0.3) is 5.69 Å². The van der Waals surface area contributed by atoms with Gasteiger partial charge in [-0.15, -0.1) is 0 Å². The van der Waals surface area contributed by atoms with Gasteiger partial charge in [-0.1, -0.05) is 6.92 Å². The molecule has 36 heavy (non-hydrogen) atoms. The molecule has 0 radical (unpaired) electrons. The standard InChI is InChI=1S/C28H37FN4O3/c1-27(36)9-7-20-17(12-27)3-4-22-21(20)8-10-28(2)23(22)5-6-24(28)25(34)15-32-16-31-33(26(32)35)19-11-18(29)13-30-14-19/h11,13-14,16-17,20-24,36H,3-10,12,15H2,1-2H3/t17-,20+,21-,22-,23+,24-,27-,28+/m1/s1. The molecular weight excluding hydrogens is 459 g/mol. The third-order valence-electron chi connectivity index (χ3n) is 10.6. The molecule has 2 heterocycles. The van der Waals surface area contributed by atoms with Crippen molar-refractivity contribution in [2.45, 2.75) is 83.8 Å². The Morgan fingerprint density at radius 3 is 2.69 bits per heavy atom. The Morgan fingerprint density at radius 1 is 1.08 bits per heavy atom. The highest BCUT2D eigenvalue weighted by Gasteiger charge is 2.58. The van der Waals surface area contributed by atoms with E-state index < -0.39 is 17.1 Å². The van der Waals surface area contributed by atoms with Gasteiger partial charge in [-0.25, -0.2) is 9.18 Å². The minimum absolute atomic E-state index is 0.00241. The smallest absolute Gasteiger partial charge is 0.350 e. The maximum Gasteiger partial charge on any atom is 0.350 e. The monoisotopic (exact) mass is 496 g/mol. The van der Waals surface area contributed by atoms with Crippen molar-refractivity contribution in [3.63, 3.8) is 0 Å². The van der Waals surface area contributed by atoms with Gasteiger partial charge in [0.25, 0.3) is 0 Å². The molecule has 8 atom stereocenters. The van der Waals surface area contributed by atoms with Crippen molar-refractivity contribution in [3.8, 4) is 5.69 Å². The van der Waals surface area contributed by atoms with Crippen LogP contribution < -0.4 is 5.69 Å². The highest BCUT2D eigenvalue weighted by Crippen LogP contribution is 2.64. The number of rotatable bonds is 4. The molecule has 0 amide bonds. The van der Waals surface area contributed by atoms with Crippen molar-refractivity contribution in [2.24, 2.45) is 40.9 Å². The summed E-state index contributed by atoms with van der Waals surface area (Å²) in [6.07, 6.45) is 13.5.